The highest BCUT2D eigenvalue weighted by Gasteiger charge is 2.19. The lowest BCUT2D eigenvalue weighted by molar-refractivity contribution is 0.596. The van der Waals surface area contributed by atoms with E-state index in [0.717, 1.165) is 34.5 Å². The maximum Gasteiger partial charge on any atom is 0.123 e. The Hall–Kier alpha value is -1.85. The summed E-state index contributed by atoms with van der Waals surface area (Å²) in [5.74, 6) is 5.43. The molecule has 0 spiro atoms. The first-order chi connectivity index (χ1) is 9.56. The maximum absolute atomic E-state index is 13.5. The van der Waals surface area contributed by atoms with Crippen LogP contribution in [-0.4, -0.2) is 10.2 Å². The summed E-state index contributed by atoms with van der Waals surface area (Å²) in [5, 5.41) is 8.27. The van der Waals surface area contributed by atoms with Crippen LogP contribution >= 0.6 is 0 Å². The van der Waals surface area contributed by atoms with E-state index in [0.29, 0.717) is 0 Å². The molecule has 1 unspecified atom stereocenters. The summed E-state index contributed by atoms with van der Waals surface area (Å²) in [6.07, 6.45) is 0.745. The van der Waals surface area contributed by atoms with Crippen molar-refractivity contribution in [1.29, 1.82) is 0 Å². The molecule has 0 fully saturated rings. The molecule has 106 valence electrons. The van der Waals surface area contributed by atoms with Gasteiger partial charge in [0.1, 0.15) is 5.82 Å². The summed E-state index contributed by atoms with van der Waals surface area (Å²) in [5.41, 5.74) is 7.18. The number of hydrogen-bond donors (Lipinski definition) is 2. The Kier molecular flexibility index (Phi) is 4.42. The molecule has 4 nitrogen and oxygen atoms in total. The molecule has 3 N–H and O–H groups in total. The monoisotopic (exact) mass is 274 g/mol. The first-order valence-corrected chi connectivity index (χ1v) is 6.62. The van der Waals surface area contributed by atoms with Gasteiger partial charge in [-0.1, -0.05) is 13.0 Å². The average Bonchev–Trinajstić information content (AvgIpc) is 2.44. The summed E-state index contributed by atoms with van der Waals surface area (Å²) in [6.45, 7) is 5.82. The SMILES string of the molecule is CCc1nnc(C)cc1C(NN)c1cc(F)ccc1C. The molecular formula is C15H19FN4. The van der Waals surface area contributed by atoms with E-state index < -0.39 is 0 Å². The standard InChI is InChI=1S/C15H19FN4/c1-4-14-13(7-10(3)19-20-14)15(18-17)12-8-11(16)6-5-9(12)2/h5-8,15,18H,4,17H2,1-3H3. The summed E-state index contributed by atoms with van der Waals surface area (Å²) in [4.78, 5) is 0. The molecule has 5 heteroatoms. The van der Waals surface area contributed by atoms with E-state index in [-0.39, 0.29) is 11.9 Å². The second-order valence-electron chi connectivity index (χ2n) is 4.84. The third-order valence-electron chi connectivity index (χ3n) is 3.39. The topological polar surface area (TPSA) is 63.8 Å². The molecule has 0 radical (unpaired) electrons. The number of aryl methyl sites for hydroxylation is 3. The van der Waals surface area contributed by atoms with Crippen molar-refractivity contribution in [2.24, 2.45) is 5.84 Å². The van der Waals surface area contributed by atoms with Crippen LogP contribution in [0.15, 0.2) is 24.3 Å². The number of nitrogens with one attached hydrogen (secondary N) is 1. The van der Waals surface area contributed by atoms with E-state index in [1.807, 2.05) is 26.8 Å². The molecule has 1 aromatic heterocycles. The van der Waals surface area contributed by atoms with Crippen LogP contribution in [0.25, 0.3) is 0 Å². The van der Waals surface area contributed by atoms with Crippen LogP contribution in [0, 0.1) is 19.7 Å². The van der Waals surface area contributed by atoms with Crippen LogP contribution in [0.5, 0.6) is 0 Å². The minimum atomic E-state index is -0.296. The van der Waals surface area contributed by atoms with E-state index in [9.17, 15) is 4.39 Å². The number of halogens is 1. The van der Waals surface area contributed by atoms with Crippen LogP contribution in [0.3, 0.4) is 0 Å². The van der Waals surface area contributed by atoms with Crippen LogP contribution in [-0.2, 0) is 6.42 Å². The highest BCUT2D eigenvalue weighted by molar-refractivity contribution is 5.39. The summed E-state index contributed by atoms with van der Waals surface area (Å²) >= 11 is 0. The van der Waals surface area contributed by atoms with Crippen LogP contribution in [0.1, 0.15) is 41.0 Å². The molecule has 0 aliphatic rings. The molecule has 1 heterocycles. The number of hydrogen-bond acceptors (Lipinski definition) is 4. The number of aromatic nitrogens is 2. The Labute approximate surface area is 118 Å². The summed E-state index contributed by atoms with van der Waals surface area (Å²) < 4.78 is 13.5. The summed E-state index contributed by atoms with van der Waals surface area (Å²) in [7, 11) is 0. The lowest BCUT2D eigenvalue weighted by Gasteiger charge is -2.21. The van der Waals surface area contributed by atoms with E-state index in [4.69, 9.17) is 5.84 Å². The van der Waals surface area contributed by atoms with Gasteiger partial charge in [0.25, 0.3) is 0 Å². The van der Waals surface area contributed by atoms with Gasteiger partial charge >= 0.3 is 0 Å². The number of rotatable bonds is 4. The highest BCUT2D eigenvalue weighted by Crippen LogP contribution is 2.27. The van der Waals surface area contributed by atoms with Gasteiger partial charge < -0.3 is 0 Å². The van der Waals surface area contributed by atoms with Crippen molar-refractivity contribution in [3.05, 3.63) is 58.2 Å². The lowest BCUT2D eigenvalue weighted by atomic mass is 9.93. The minimum Gasteiger partial charge on any atom is -0.271 e. The first kappa shape index (κ1) is 14.6. The molecular weight excluding hydrogens is 255 g/mol. The first-order valence-electron chi connectivity index (χ1n) is 6.62. The van der Waals surface area contributed by atoms with E-state index >= 15 is 0 Å². The predicted molar refractivity (Wildman–Crippen MR) is 76.5 cm³/mol. The molecule has 0 bridgehead atoms. The second-order valence-corrected chi connectivity index (χ2v) is 4.84. The smallest absolute Gasteiger partial charge is 0.123 e. The number of nitrogens with two attached hydrogens (primary N) is 1. The van der Waals surface area contributed by atoms with Crippen LogP contribution in [0.2, 0.25) is 0 Å². The van der Waals surface area contributed by atoms with Crippen LogP contribution < -0.4 is 11.3 Å². The fourth-order valence-corrected chi connectivity index (χ4v) is 2.33. The van der Waals surface area contributed by atoms with Gasteiger partial charge in [-0.2, -0.15) is 10.2 Å². The van der Waals surface area contributed by atoms with E-state index in [1.165, 1.54) is 12.1 Å². The van der Waals surface area contributed by atoms with Crippen molar-refractivity contribution >= 4 is 0 Å². The van der Waals surface area contributed by atoms with Gasteiger partial charge in [-0.05, 0) is 49.6 Å². The molecule has 0 aliphatic carbocycles. The van der Waals surface area contributed by atoms with Crippen molar-refractivity contribution in [2.45, 2.75) is 33.2 Å². The van der Waals surface area contributed by atoms with Gasteiger partial charge in [0, 0.05) is 5.56 Å². The number of nitrogens with zero attached hydrogens (tertiary/aromatic N) is 2. The molecule has 2 rings (SSSR count). The second kappa shape index (κ2) is 6.07. The zero-order valence-electron chi connectivity index (χ0n) is 11.9. The number of hydrazine groups is 1. The normalized spacial score (nSPS) is 12.4. The maximum atomic E-state index is 13.5. The van der Waals surface area contributed by atoms with E-state index in [2.05, 4.69) is 15.6 Å². The van der Waals surface area contributed by atoms with Gasteiger partial charge in [0.15, 0.2) is 0 Å². The quantitative estimate of drug-likeness (QED) is 0.663. The van der Waals surface area contributed by atoms with Gasteiger partial charge in [-0.3, -0.25) is 5.84 Å². The Morgan fingerprint density at radius 2 is 1.95 bits per heavy atom. The van der Waals surface area contributed by atoms with Crippen molar-refractivity contribution in [1.82, 2.24) is 15.6 Å². The van der Waals surface area contributed by atoms with Gasteiger partial charge in [0.2, 0.25) is 0 Å². The molecule has 0 amide bonds. The summed E-state index contributed by atoms with van der Waals surface area (Å²) in [6, 6.07) is 6.36. The molecule has 1 atom stereocenters. The highest BCUT2D eigenvalue weighted by atomic mass is 19.1. The predicted octanol–water partition coefficient (Wildman–Crippen LogP) is 2.35. The van der Waals surface area contributed by atoms with Gasteiger partial charge in [-0.15, -0.1) is 0 Å². The molecule has 20 heavy (non-hydrogen) atoms. The lowest BCUT2D eigenvalue weighted by Crippen LogP contribution is -2.30. The van der Waals surface area contributed by atoms with Crippen molar-refractivity contribution in [3.63, 3.8) is 0 Å². The van der Waals surface area contributed by atoms with Gasteiger partial charge in [-0.25, -0.2) is 9.82 Å². The zero-order valence-corrected chi connectivity index (χ0v) is 11.9. The number of benzene rings is 1. The van der Waals surface area contributed by atoms with Crippen molar-refractivity contribution < 1.29 is 4.39 Å². The molecule has 0 saturated carbocycles. The van der Waals surface area contributed by atoms with Crippen LogP contribution in [0.4, 0.5) is 4.39 Å². The van der Waals surface area contributed by atoms with Crippen molar-refractivity contribution in [3.8, 4) is 0 Å². The Morgan fingerprint density at radius 1 is 1.20 bits per heavy atom. The molecule has 0 aliphatic heterocycles. The third kappa shape index (κ3) is 2.84. The third-order valence-corrected chi connectivity index (χ3v) is 3.39. The largest absolute Gasteiger partial charge is 0.271 e. The zero-order chi connectivity index (χ0) is 14.7. The molecule has 0 saturated heterocycles. The average molecular weight is 274 g/mol. The Balaban J connectivity index is 2.57. The molecule has 1 aromatic carbocycles. The minimum absolute atomic E-state index is 0.275. The Morgan fingerprint density at radius 3 is 2.60 bits per heavy atom. The van der Waals surface area contributed by atoms with Crippen molar-refractivity contribution in [2.75, 3.05) is 0 Å². The fraction of sp³-hybridized carbons (Fsp3) is 0.333. The Bertz CT molecular complexity index is 613. The molecule has 2 aromatic rings. The van der Waals surface area contributed by atoms with Gasteiger partial charge in [0.05, 0.1) is 17.4 Å². The van der Waals surface area contributed by atoms with E-state index in [1.54, 1.807) is 6.07 Å². The fourth-order valence-electron chi connectivity index (χ4n) is 2.33.